The maximum absolute atomic E-state index is 5.51. The molecule has 1 N–H and O–H groups in total. The predicted molar refractivity (Wildman–Crippen MR) is 110 cm³/mol. The van der Waals surface area contributed by atoms with Crippen molar-refractivity contribution in [2.45, 2.75) is 20.4 Å². The summed E-state index contributed by atoms with van der Waals surface area (Å²) in [7, 11) is 5.55. The molecule has 1 fully saturated rings. The zero-order chi connectivity index (χ0) is 19.4. The van der Waals surface area contributed by atoms with E-state index in [1.807, 2.05) is 30.9 Å². The van der Waals surface area contributed by atoms with E-state index in [4.69, 9.17) is 4.74 Å². The SMILES string of the molecule is CN=C(NCc1c(C)nn(C)c1C)N1CCN(c2ccccc2OC)CC1. The highest BCUT2D eigenvalue weighted by Crippen LogP contribution is 2.28. The molecule has 7 nitrogen and oxygen atoms in total. The molecule has 0 bridgehead atoms. The van der Waals surface area contributed by atoms with Gasteiger partial charge in [0.2, 0.25) is 0 Å². The van der Waals surface area contributed by atoms with Crippen LogP contribution >= 0.6 is 0 Å². The number of methoxy groups -OCH3 is 1. The fourth-order valence-corrected chi connectivity index (χ4v) is 3.62. The van der Waals surface area contributed by atoms with Crippen LogP contribution in [-0.2, 0) is 13.6 Å². The van der Waals surface area contributed by atoms with E-state index in [-0.39, 0.29) is 0 Å². The number of hydrogen-bond acceptors (Lipinski definition) is 4. The Morgan fingerprint density at radius 2 is 1.89 bits per heavy atom. The Hall–Kier alpha value is -2.70. The highest BCUT2D eigenvalue weighted by molar-refractivity contribution is 5.80. The molecule has 0 radical (unpaired) electrons. The third-order valence-corrected chi connectivity index (χ3v) is 5.30. The molecule has 1 aliphatic rings. The van der Waals surface area contributed by atoms with Crippen molar-refractivity contribution in [1.82, 2.24) is 20.0 Å². The number of aromatic nitrogens is 2. The van der Waals surface area contributed by atoms with Crippen molar-refractivity contribution in [2.75, 3.05) is 45.2 Å². The summed E-state index contributed by atoms with van der Waals surface area (Å²) in [4.78, 5) is 9.17. The summed E-state index contributed by atoms with van der Waals surface area (Å²) in [6, 6.07) is 8.20. The third-order valence-electron chi connectivity index (χ3n) is 5.30. The second-order valence-electron chi connectivity index (χ2n) is 6.82. The van der Waals surface area contributed by atoms with E-state index >= 15 is 0 Å². The molecule has 2 aromatic rings. The van der Waals surface area contributed by atoms with E-state index in [1.165, 1.54) is 11.3 Å². The van der Waals surface area contributed by atoms with Crippen molar-refractivity contribution < 1.29 is 4.74 Å². The molecule has 27 heavy (non-hydrogen) atoms. The molecule has 7 heteroatoms. The number of anilines is 1. The van der Waals surface area contributed by atoms with Gasteiger partial charge in [0.1, 0.15) is 5.75 Å². The number of aliphatic imine (C=N–C) groups is 1. The van der Waals surface area contributed by atoms with E-state index in [0.29, 0.717) is 0 Å². The molecule has 0 saturated carbocycles. The van der Waals surface area contributed by atoms with E-state index in [1.54, 1.807) is 7.11 Å². The fraction of sp³-hybridized carbons (Fsp3) is 0.500. The predicted octanol–water partition coefficient (Wildman–Crippen LogP) is 1.94. The van der Waals surface area contributed by atoms with Crippen LogP contribution in [0.2, 0.25) is 0 Å². The molecule has 146 valence electrons. The minimum atomic E-state index is 0.741. The van der Waals surface area contributed by atoms with Gasteiger partial charge >= 0.3 is 0 Å². The van der Waals surface area contributed by atoms with Crippen LogP contribution in [0.15, 0.2) is 29.3 Å². The van der Waals surface area contributed by atoms with Crippen LogP contribution in [0.3, 0.4) is 0 Å². The first-order valence-corrected chi connectivity index (χ1v) is 9.37. The normalized spacial score (nSPS) is 15.2. The monoisotopic (exact) mass is 370 g/mol. The first-order chi connectivity index (χ1) is 13.0. The molecule has 0 unspecified atom stereocenters. The quantitative estimate of drug-likeness (QED) is 0.658. The lowest BCUT2D eigenvalue weighted by molar-refractivity contribution is 0.367. The number of nitrogens with one attached hydrogen (secondary N) is 1. The van der Waals surface area contributed by atoms with Gasteiger partial charge in [-0.05, 0) is 26.0 Å². The number of guanidine groups is 1. The van der Waals surface area contributed by atoms with Crippen molar-refractivity contribution in [2.24, 2.45) is 12.0 Å². The number of benzene rings is 1. The molecule has 0 atom stereocenters. The minimum absolute atomic E-state index is 0.741. The molecule has 0 spiro atoms. The number of piperazine rings is 1. The van der Waals surface area contributed by atoms with Crippen LogP contribution in [0.1, 0.15) is 17.0 Å². The molecule has 3 rings (SSSR count). The summed E-state index contributed by atoms with van der Waals surface area (Å²) in [5.74, 6) is 1.87. The summed E-state index contributed by atoms with van der Waals surface area (Å²) in [6.07, 6.45) is 0. The van der Waals surface area contributed by atoms with Gasteiger partial charge in [-0.2, -0.15) is 5.10 Å². The summed E-state index contributed by atoms with van der Waals surface area (Å²) >= 11 is 0. The molecule has 1 aromatic carbocycles. The summed E-state index contributed by atoms with van der Waals surface area (Å²) in [5, 5.41) is 8.00. The van der Waals surface area contributed by atoms with Gasteiger partial charge < -0.3 is 19.9 Å². The molecule has 0 aliphatic carbocycles. The van der Waals surface area contributed by atoms with Crippen LogP contribution in [0.5, 0.6) is 5.75 Å². The molecule has 1 aromatic heterocycles. The molecule has 1 saturated heterocycles. The average Bonchev–Trinajstić information content (AvgIpc) is 2.94. The van der Waals surface area contributed by atoms with Crippen molar-refractivity contribution in [1.29, 1.82) is 0 Å². The molecular formula is C20H30N6O. The van der Waals surface area contributed by atoms with Crippen LogP contribution in [0.25, 0.3) is 0 Å². The molecule has 1 aliphatic heterocycles. The maximum atomic E-state index is 5.51. The number of hydrogen-bond donors (Lipinski definition) is 1. The number of aryl methyl sites for hydroxylation is 2. The van der Waals surface area contributed by atoms with Crippen molar-refractivity contribution in [3.8, 4) is 5.75 Å². The topological polar surface area (TPSA) is 57.9 Å². The maximum Gasteiger partial charge on any atom is 0.194 e. The highest BCUT2D eigenvalue weighted by atomic mass is 16.5. The minimum Gasteiger partial charge on any atom is -0.495 e. The Labute approximate surface area is 161 Å². The lowest BCUT2D eigenvalue weighted by atomic mass is 10.2. The first-order valence-electron chi connectivity index (χ1n) is 9.37. The van der Waals surface area contributed by atoms with E-state index < -0.39 is 0 Å². The third kappa shape index (κ3) is 4.02. The Morgan fingerprint density at radius 3 is 2.48 bits per heavy atom. The van der Waals surface area contributed by atoms with Gasteiger partial charge in [-0.15, -0.1) is 0 Å². The van der Waals surface area contributed by atoms with Gasteiger partial charge in [-0.1, -0.05) is 12.1 Å². The van der Waals surface area contributed by atoms with E-state index in [9.17, 15) is 0 Å². The molecule has 2 heterocycles. The standard InChI is InChI=1S/C20H30N6O/c1-15-17(16(2)24(4)23-15)14-22-20(21-3)26-12-10-25(11-13-26)18-8-6-7-9-19(18)27-5/h6-9H,10-14H2,1-5H3,(H,21,22). The Kier molecular flexibility index (Phi) is 5.88. The lowest BCUT2D eigenvalue weighted by Crippen LogP contribution is -2.52. The zero-order valence-electron chi connectivity index (χ0n) is 17.0. The van der Waals surface area contributed by atoms with E-state index in [0.717, 1.165) is 55.8 Å². The summed E-state index contributed by atoms with van der Waals surface area (Å²) in [6.45, 7) is 8.61. The highest BCUT2D eigenvalue weighted by Gasteiger charge is 2.22. The van der Waals surface area contributed by atoms with Crippen LogP contribution in [0, 0.1) is 13.8 Å². The van der Waals surface area contributed by atoms with Gasteiger partial charge in [0.25, 0.3) is 0 Å². The lowest BCUT2D eigenvalue weighted by Gasteiger charge is -2.38. The van der Waals surface area contributed by atoms with E-state index in [2.05, 4.69) is 51.2 Å². The Morgan fingerprint density at radius 1 is 1.19 bits per heavy atom. The van der Waals surface area contributed by atoms with Gasteiger partial charge in [0.15, 0.2) is 5.96 Å². The number of rotatable bonds is 4. The average molecular weight is 371 g/mol. The van der Waals surface area contributed by atoms with Gasteiger partial charge in [0, 0.05) is 58.1 Å². The van der Waals surface area contributed by atoms with Crippen molar-refractivity contribution >= 4 is 11.6 Å². The van der Waals surface area contributed by atoms with Gasteiger partial charge in [-0.25, -0.2) is 0 Å². The number of nitrogens with zero attached hydrogens (tertiary/aromatic N) is 5. The molecular weight excluding hydrogens is 340 g/mol. The summed E-state index contributed by atoms with van der Waals surface area (Å²) in [5.41, 5.74) is 4.66. The van der Waals surface area contributed by atoms with Crippen LogP contribution in [-0.4, -0.2) is 61.0 Å². The number of para-hydroxylation sites is 2. The zero-order valence-corrected chi connectivity index (χ0v) is 17.0. The van der Waals surface area contributed by atoms with Gasteiger partial charge in [-0.3, -0.25) is 9.67 Å². The van der Waals surface area contributed by atoms with Crippen molar-refractivity contribution in [3.05, 3.63) is 41.2 Å². The van der Waals surface area contributed by atoms with Crippen molar-refractivity contribution in [3.63, 3.8) is 0 Å². The van der Waals surface area contributed by atoms with Crippen LogP contribution in [0.4, 0.5) is 5.69 Å². The first kappa shape index (κ1) is 19.1. The second kappa shape index (κ2) is 8.33. The second-order valence-corrected chi connectivity index (χ2v) is 6.82. The fourth-order valence-electron chi connectivity index (χ4n) is 3.62. The summed E-state index contributed by atoms with van der Waals surface area (Å²) < 4.78 is 7.44. The van der Waals surface area contributed by atoms with Gasteiger partial charge in [0.05, 0.1) is 18.5 Å². The van der Waals surface area contributed by atoms with Crippen LogP contribution < -0.4 is 15.0 Å². The Balaban J connectivity index is 1.60. The largest absolute Gasteiger partial charge is 0.495 e. The Bertz CT molecular complexity index is 805. The number of ether oxygens (including phenoxy) is 1. The molecule has 0 amide bonds. The smallest absolute Gasteiger partial charge is 0.194 e.